The van der Waals surface area contributed by atoms with Gasteiger partial charge in [0.05, 0.1) is 5.56 Å². The monoisotopic (exact) mass is 318 g/mol. The molecule has 2 aromatic rings. The van der Waals surface area contributed by atoms with E-state index in [0.29, 0.717) is 17.9 Å². The number of carbonyl (C=O) groups is 1. The van der Waals surface area contributed by atoms with E-state index in [1.54, 1.807) is 6.92 Å². The summed E-state index contributed by atoms with van der Waals surface area (Å²) in [6, 6.07) is 13.6. The van der Waals surface area contributed by atoms with Gasteiger partial charge in [-0.15, -0.1) is 0 Å². The highest BCUT2D eigenvalue weighted by Gasteiger charge is 2.11. The van der Waals surface area contributed by atoms with E-state index in [0.717, 1.165) is 15.6 Å². The number of hydrogen-bond donors (Lipinski definition) is 0. The van der Waals surface area contributed by atoms with E-state index < -0.39 is 0 Å². The Kier molecular flexibility index (Phi) is 4.38. The summed E-state index contributed by atoms with van der Waals surface area (Å²) < 4.78 is 6.70. The molecule has 0 spiro atoms. The molecule has 0 atom stereocenters. The summed E-state index contributed by atoms with van der Waals surface area (Å²) in [4.78, 5) is 11.6. The van der Waals surface area contributed by atoms with Crippen molar-refractivity contribution in [2.45, 2.75) is 20.5 Å². The number of hydrogen-bond acceptors (Lipinski definition) is 2. The van der Waals surface area contributed by atoms with Crippen molar-refractivity contribution in [2.24, 2.45) is 0 Å². The van der Waals surface area contributed by atoms with E-state index in [-0.39, 0.29) is 5.78 Å². The van der Waals surface area contributed by atoms with Gasteiger partial charge in [0.15, 0.2) is 5.78 Å². The predicted molar refractivity (Wildman–Crippen MR) is 79.7 cm³/mol. The number of benzene rings is 2. The van der Waals surface area contributed by atoms with Crippen molar-refractivity contribution in [3.63, 3.8) is 0 Å². The van der Waals surface area contributed by atoms with E-state index >= 15 is 0 Å². The summed E-state index contributed by atoms with van der Waals surface area (Å²) in [7, 11) is 0. The molecule has 0 aliphatic rings. The van der Waals surface area contributed by atoms with Gasteiger partial charge < -0.3 is 4.74 Å². The number of Topliss-reactive ketones (excluding diaryl/α,β-unsaturated/α-hetero) is 1. The van der Waals surface area contributed by atoms with Crippen LogP contribution in [0.5, 0.6) is 5.75 Å². The number of rotatable bonds is 4. The van der Waals surface area contributed by atoms with Crippen LogP contribution in [-0.2, 0) is 6.61 Å². The van der Waals surface area contributed by atoms with Crippen LogP contribution in [0.1, 0.15) is 28.4 Å². The van der Waals surface area contributed by atoms with Gasteiger partial charge in [-0.3, -0.25) is 4.79 Å². The second-order valence-corrected chi connectivity index (χ2v) is 5.28. The van der Waals surface area contributed by atoms with Crippen LogP contribution in [0, 0.1) is 6.92 Å². The van der Waals surface area contributed by atoms with Gasteiger partial charge in [-0.1, -0.05) is 46.3 Å². The minimum Gasteiger partial charge on any atom is -0.488 e. The largest absolute Gasteiger partial charge is 0.488 e. The Hall–Kier alpha value is -1.61. The van der Waals surface area contributed by atoms with Crippen LogP contribution in [0.25, 0.3) is 0 Å². The summed E-state index contributed by atoms with van der Waals surface area (Å²) in [5, 5.41) is 0. The number of carbonyl (C=O) groups excluding carboxylic acids is 1. The van der Waals surface area contributed by atoms with Crippen molar-refractivity contribution in [1.82, 2.24) is 0 Å². The third-order valence-electron chi connectivity index (χ3n) is 2.88. The third kappa shape index (κ3) is 3.44. The molecule has 0 N–H and O–H groups in total. The number of aryl methyl sites for hydroxylation is 1. The molecule has 2 rings (SSSR count). The third-order valence-corrected chi connectivity index (χ3v) is 3.73. The molecule has 2 nitrogen and oxygen atoms in total. The van der Waals surface area contributed by atoms with Crippen molar-refractivity contribution >= 4 is 21.7 Å². The first kappa shape index (κ1) is 13.8. The quantitative estimate of drug-likeness (QED) is 0.774. The molecule has 0 aliphatic carbocycles. The molecule has 0 heterocycles. The van der Waals surface area contributed by atoms with Crippen molar-refractivity contribution in [3.05, 3.63) is 63.6 Å². The fourth-order valence-electron chi connectivity index (χ4n) is 1.78. The van der Waals surface area contributed by atoms with E-state index in [4.69, 9.17) is 4.74 Å². The van der Waals surface area contributed by atoms with Crippen LogP contribution in [0.4, 0.5) is 0 Å². The molecule has 2 aromatic carbocycles. The lowest BCUT2D eigenvalue weighted by Crippen LogP contribution is -2.02. The number of halogens is 1. The van der Waals surface area contributed by atoms with Gasteiger partial charge in [0.2, 0.25) is 0 Å². The van der Waals surface area contributed by atoms with E-state index in [2.05, 4.69) is 15.9 Å². The fourth-order valence-corrected chi connectivity index (χ4v) is 2.13. The van der Waals surface area contributed by atoms with Gasteiger partial charge in [0.1, 0.15) is 12.4 Å². The molecule has 0 saturated heterocycles. The van der Waals surface area contributed by atoms with Crippen molar-refractivity contribution in [2.75, 3.05) is 0 Å². The molecule has 0 bridgehead atoms. The van der Waals surface area contributed by atoms with Crippen molar-refractivity contribution in [3.8, 4) is 5.75 Å². The maximum absolute atomic E-state index is 11.6. The first-order valence-corrected chi connectivity index (χ1v) is 6.85. The zero-order valence-corrected chi connectivity index (χ0v) is 12.5. The highest BCUT2D eigenvalue weighted by Crippen LogP contribution is 2.28. The lowest BCUT2D eigenvalue weighted by Gasteiger charge is -2.12. The van der Waals surface area contributed by atoms with Crippen LogP contribution in [0.3, 0.4) is 0 Å². The van der Waals surface area contributed by atoms with Crippen molar-refractivity contribution < 1.29 is 9.53 Å². The zero-order chi connectivity index (χ0) is 13.8. The molecule has 0 saturated carbocycles. The molecule has 3 heteroatoms. The Morgan fingerprint density at radius 3 is 2.53 bits per heavy atom. The maximum Gasteiger partial charge on any atom is 0.163 e. The minimum absolute atomic E-state index is 0.00348. The first-order valence-electron chi connectivity index (χ1n) is 6.05. The lowest BCUT2D eigenvalue weighted by molar-refractivity contribution is 0.101. The van der Waals surface area contributed by atoms with Gasteiger partial charge in [0, 0.05) is 4.47 Å². The first-order chi connectivity index (χ1) is 9.08. The Morgan fingerprint density at radius 1 is 1.21 bits per heavy atom. The zero-order valence-electron chi connectivity index (χ0n) is 10.9. The van der Waals surface area contributed by atoms with Crippen molar-refractivity contribution in [1.29, 1.82) is 0 Å². The molecular formula is C16H15BrO2. The van der Waals surface area contributed by atoms with E-state index in [9.17, 15) is 4.79 Å². The standard InChI is InChI=1S/C16H15BrO2/c1-11-8-16(14(12(2)18)9-15(11)17)19-10-13-6-4-3-5-7-13/h3-9H,10H2,1-2H3. The number of ketones is 1. The second kappa shape index (κ2) is 6.02. The molecule has 0 unspecified atom stereocenters. The van der Waals surface area contributed by atoms with Gasteiger partial charge in [-0.25, -0.2) is 0 Å². The van der Waals surface area contributed by atoms with Gasteiger partial charge >= 0.3 is 0 Å². The van der Waals surface area contributed by atoms with Gasteiger partial charge in [0.25, 0.3) is 0 Å². The molecule has 0 amide bonds. The molecule has 98 valence electrons. The Labute approximate surface area is 121 Å². The van der Waals surface area contributed by atoms with Gasteiger partial charge in [-0.2, -0.15) is 0 Å². The molecule has 19 heavy (non-hydrogen) atoms. The highest BCUT2D eigenvalue weighted by atomic mass is 79.9. The Balaban J connectivity index is 2.24. The van der Waals surface area contributed by atoms with E-state index in [1.807, 2.05) is 49.4 Å². The molecule has 0 aliphatic heterocycles. The normalized spacial score (nSPS) is 10.3. The average molecular weight is 319 g/mol. The molecule has 0 radical (unpaired) electrons. The van der Waals surface area contributed by atoms with Crippen LogP contribution in [0.15, 0.2) is 46.9 Å². The summed E-state index contributed by atoms with van der Waals surface area (Å²) in [6.07, 6.45) is 0. The summed E-state index contributed by atoms with van der Waals surface area (Å²) in [5.41, 5.74) is 2.74. The second-order valence-electron chi connectivity index (χ2n) is 4.43. The maximum atomic E-state index is 11.6. The Morgan fingerprint density at radius 2 is 1.89 bits per heavy atom. The highest BCUT2D eigenvalue weighted by molar-refractivity contribution is 9.10. The smallest absolute Gasteiger partial charge is 0.163 e. The summed E-state index contributed by atoms with van der Waals surface area (Å²) >= 11 is 3.44. The van der Waals surface area contributed by atoms with Crippen LogP contribution in [0.2, 0.25) is 0 Å². The molecular weight excluding hydrogens is 304 g/mol. The topological polar surface area (TPSA) is 26.3 Å². The summed E-state index contributed by atoms with van der Waals surface area (Å²) in [5.74, 6) is 0.640. The predicted octanol–water partition coefficient (Wildman–Crippen LogP) is 4.54. The Bertz CT molecular complexity index is 591. The van der Waals surface area contributed by atoms with Crippen LogP contribution >= 0.6 is 15.9 Å². The summed E-state index contributed by atoms with van der Waals surface area (Å²) in [6.45, 7) is 3.98. The fraction of sp³-hybridized carbons (Fsp3) is 0.188. The molecule has 0 aromatic heterocycles. The van der Waals surface area contributed by atoms with Gasteiger partial charge in [-0.05, 0) is 37.1 Å². The van der Waals surface area contributed by atoms with Crippen LogP contribution < -0.4 is 4.74 Å². The van der Waals surface area contributed by atoms with E-state index in [1.165, 1.54) is 0 Å². The molecule has 0 fully saturated rings. The van der Waals surface area contributed by atoms with Crippen LogP contribution in [-0.4, -0.2) is 5.78 Å². The lowest BCUT2D eigenvalue weighted by atomic mass is 10.1. The SMILES string of the molecule is CC(=O)c1cc(Br)c(C)cc1OCc1ccccc1. The minimum atomic E-state index is 0.00348. The average Bonchev–Trinajstić information content (AvgIpc) is 2.40. The number of ether oxygens (including phenoxy) is 1.